The van der Waals surface area contributed by atoms with Gasteiger partial charge in [0.15, 0.2) is 0 Å². The van der Waals surface area contributed by atoms with E-state index in [4.69, 9.17) is 5.11 Å². The normalized spacial score (nSPS) is 11.6. The van der Waals surface area contributed by atoms with Gasteiger partial charge in [-0.25, -0.2) is 0 Å². The molecule has 0 aromatic rings. The van der Waals surface area contributed by atoms with Crippen molar-refractivity contribution >= 4 is 5.91 Å². The second-order valence-corrected chi connectivity index (χ2v) is 4.75. The molecule has 0 aliphatic heterocycles. The second kappa shape index (κ2) is 10.3. The minimum Gasteiger partial charge on any atom is -0.395 e. The van der Waals surface area contributed by atoms with Crippen LogP contribution in [0.3, 0.4) is 0 Å². The Morgan fingerprint density at radius 2 is 1.67 bits per heavy atom. The topological polar surface area (TPSA) is 52.6 Å². The van der Waals surface area contributed by atoms with Gasteiger partial charge in [-0.15, -0.1) is 0 Å². The van der Waals surface area contributed by atoms with Crippen LogP contribution in [0.4, 0.5) is 0 Å². The van der Waals surface area contributed by atoms with E-state index in [9.17, 15) is 4.79 Å². The summed E-state index contributed by atoms with van der Waals surface area (Å²) in [7, 11) is 0. The maximum atomic E-state index is 12.0. The number of hydrogen-bond acceptors (Lipinski definition) is 3. The Bertz CT molecular complexity index is 214. The van der Waals surface area contributed by atoms with E-state index in [2.05, 4.69) is 37.9 Å². The molecule has 0 saturated heterocycles. The zero-order chi connectivity index (χ0) is 14.0. The van der Waals surface area contributed by atoms with Crippen LogP contribution in [0.25, 0.3) is 0 Å². The van der Waals surface area contributed by atoms with Crippen molar-refractivity contribution in [3.05, 3.63) is 0 Å². The molecule has 0 heterocycles. The van der Waals surface area contributed by atoms with Crippen molar-refractivity contribution in [1.29, 1.82) is 0 Å². The van der Waals surface area contributed by atoms with E-state index in [0.29, 0.717) is 19.1 Å². The van der Waals surface area contributed by atoms with E-state index in [1.165, 1.54) is 0 Å². The van der Waals surface area contributed by atoms with Gasteiger partial charge in [0.2, 0.25) is 5.91 Å². The number of amides is 1. The number of nitrogens with zero attached hydrogens (tertiary/aromatic N) is 1. The molecule has 1 amide bonds. The van der Waals surface area contributed by atoms with E-state index in [-0.39, 0.29) is 18.6 Å². The third kappa shape index (κ3) is 6.36. The molecular weight excluding hydrogens is 228 g/mol. The summed E-state index contributed by atoms with van der Waals surface area (Å²) >= 11 is 0. The predicted molar refractivity (Wildman–Crippen MR) is 75.5 cm³/mol. The molecule has 0 atom stereocenters. The van der Waals surface area contributed by atoms with Crippen molar-refractivity contribution in [2.45, 2.75) is 65.5 Å². The monoisotopic (exact) mass is 258 g/mol. The van der Waals surface area contributed by atoms with Gasteiger partial charge in [-0.2, -0.15) is 0 Å². The lowest BCUT2D eigenvalue weighted by molar-refractivity contribution is -0.123. The molecular formula is C14H30N2O2. The number of aliphatic hydroxyl groups is 1. The van der Waals surface area contributed by atoms with Crippen LogP contribution < -0.4 is 5.32 Å². The van der Waals surface area contributed by atoms with E-state index >= 15 is 0 Å². The fourth-order valence-electron chi connectivity index (χ4n) is 2.27. The third-order valence-electron chi connectivity index (χ3n) is 3.54. The molecule has 18 heavy (non-hydrogen) atoms. The van der Waals surface area contributed by atoms with Crippen LogP contribution in [-0.4, -0.2) is 47.7 Å². The fourth-order valence-corrected chi connectivity index (χ4v) is 2.27. The van der Waals surface area contributed by atoms with E-state index in [0.717, 1.165) is 25.7 Å². The lowest BCUT2D eigenvalue weighted by Gasteiger charge is -2.29. The molecule has 2 N–H and O–H groups in total. The highest BCUT2D eigenvalue weighted by atomic mass is 16.3. The molecule has 0 aromatic carbocycles. The van der Waals surface area contributed by atoms with Crippen LogP contribution in [0, 0.1) is 0 Å². The molecule has 108 valence electrons. The smallest absolute Gasteiger partial charge is 0.234 e. The van der Waals surface area contributed by atoms with Gasteiger partial charge in [-0.1, -0.05) is 27.7 Å². The maximum absolute atomic E-state index is 12.0. The van der Waals surface area contributed by atoms with Gasteiger partial charge in [0, 0.05) is 18.6 Å². The predicted octanol–water partition coefficient (Wildman–Crippen LogP) is 1.77. The van der Waals surface area contributed by atoms with Gasteiger partial charge in [0.25, 0.3) is 0 Å². The van der Waals surface area contributed by atoms with E-state index in [1.54, 1.807) is 0 Å². The van der Waals surface area contributed by atoms with Crippen molar-refractivity contribution in [3.8, 4) is 0 Å². The second-order valence-electron chi connectivity index (χ2n) is 4.75. The van der Waals surface area contributed by atoms with Crippen LogP contribution in [0.15, 0.2) is 0 Å². The average molecular weight is 258 g/mol. The molecule has 0 bridgehead atoms. The van der Waals surface area contributed by atoms with Crippen molar-refractivity contribution in [1.82, 2.24) is 10.2 Å². The first kappa shape index (κ1) is 17.4. The first-order valence-electron chi connectivity index (χ1n) is 7.26. The number of aliphatic hydroxyl groups excluding tert-OH is 1. The highest BCUT2D eigenvalue weighted by Gasteiger charge is 2.18. The molecule has 0 unspecified atom stereocenters. The van der Waals surface area contributed by atoms with Gasteiger partial charge in [0.05, 0.1) is 13.2 Å². The Labute approximate surface area is 112 Å². The van der Waals surface area contributed by atoms with Crippen LogP contribution in [0.1, 0.15) is 53.4 Å². The summed E-state index contributed by atoms with van der Waals surface area (Å²) in [4.78, 5) is 14.0. The fraction of sp³-hybridized carbons (Fsp3) is 0.929. The molecule has 4 nitrogen and oxygen atoms in total. The highest BCUT2D eigenvalue weighted by molar-refractivity contribution is 5.78. The zero-order valence-electron chi connectivity index (χ0n) is 12.4. The van der Waals surface area contributed by atoms with Crippen molar-refractivity contribution in [2.24, 2.45) is 0 Å². The summed E-state index contributed by atoms with van der Waals surface area (Å²) in [5, 5.41) is 12.1. The summed E-state index contributed by atoms with van der Waals surface area (Å²) in [6, 6.07) is 0.653. The number of carbonyl (C=O) groups excluding carboxylic acids is 1. The molecule has 0 rings (SSSR count). The highest BCUT2D eigenvalue weighted by Crippen LogP contribution is 2.08. The first-order valence-corrected chi connectivity index (χ1v) is 7.26. The minimum absolute atomic E-state index is 0.0732. The van der Waals surface area contributed by atoms with Crippen LogP contribution in [-0.2, 0) is 4.79 Å². The Morgan fingerprint density at radius 3 is 2.06 bits per heavy atom. The molecule has 0 aliphatic rings. The van der Waals surface area contributed by atoms with Crippen LogP contribution >= 0.6 is 0 Å². The number of carbonyl (C=O) groups is 1. The zero-order valence-corrected chi connectivity index (χ0v) is 12.4. The van der Waals surface area contributed by atoms with Crippen molar-refractivity contribution in [3.63, 3.8) is 0 Å². The summed E-state index contributed by atoms with van der Waals surface area (Å²) in [6.45, 7) is 9.48. The van der Waals surface area contributed by atoms with E-state index in [1.807, 2.05) is 0 Å². The SMILES string of the molecule is CCC(CC)NC(=O)CN(CCO)C(CC)CC. The van der Waals surface area contributed by atoms with Crippen LogP contribution in [0.5, 0.6) is 0 Å². The molecule has 0 aromatic heterocycles. The first-order chi connectivity index (χ1) is 8.62. The van der Waals surface area contributed by atoms with Gasteiger partial charge in [0.1, 0.15) is 0 Å². The Hall–Kier alpha value is -0.610. The largest absolute Gasteiger partial charge is 0.395 e. The summed E-state index contributed by atoms with van der Waals surface area (Å²) in [5.74, 6) is 0.0732. The molecule has 0 spiro atoms. The van der Waals surface area contributed by atoms with E-state index < -0.39 is 0 Å². The lowest BCUT2D eigenvalue weighted by Crippen LogP contribution is -2.46. The Kier molecular flexibility index (Phi) is 9.98. The summed E-state index contributed by atoms with van der Waals surface area (Å²) < 4.78 is 0. The minimum atomic E-state index is 0.0732. The molecule has 4 heteroatoms. The third-order valence-corrected chi connectivity index (χ3v) is 3.54. The molecule has 0 fully saturated rings. The molecule has 0 aliphatic carbocycles. The Balaban J connectivity index is 4.34. The quantitative estimate of drug-likeness (QED) is 0.628. The number of rotatable bonds is 10. The van der Waals surface area contributed by atoms with Crippen LogP contribution in [0.2, 0.25) is 0 Å². The number of nitrogens with one attached hydrogen (secondary N) is 1. The summed E-state index contributed by atoms with van der Waals surface area (Å²) in [5.41, 5.74) is 0. The molecule has 0 saturated carbocycles. The van der Waals surface area contributed by atoms with Gasteiger partial charge < -0.3 is 10.4 Å². The van der Waals surface area contributed by atoms with Gasteiger partial charge in [-0.05, 0) is 25.7 Å². The lowest BCUT2D eigenvalue weighted by atomic mass is 10.1. The maximum Gasteiger partial charge on any atom is 0.234 e. The standard InChI is InChI=1S/C14H30N2O2/c1-5-12(6-2)15-14(18)11-16(9-10-17)13(7-3)8-4/h12-13,17H,5-11H2,1-4H3,(H,15,18). The summed E-state index contributed by atoms with van der Waals surface area (Å²) in [6.07, 6.45) is 3.95. The number of hydrogen-bond donors (Lipinski definition) is 2. The molecule has 0 radical (unpaired) electrons. The van der Waals surface area contributed by atoms with Crippen molar-refractivity contribution in [2.75, 3.05) is 19.7 Å². The van der Waals surface area contributed by atoms with Crippen molar-refractivity contribution < 1.29 is 9.90 Å². The Morgan fingerprint density at radius 1 is 1.11 bits per heavy atom. The average Bonchev–Trinajstić information content (AvgIpc) is 2.37. The van der Waals surface area contributed by atoms with Gasteiger partial charge in [-0.3, -0.25) is 9.69 Å². The van der Waals surface area contributed by atoms with Gasteiger partial charge >= 0.3 is 0 Å².